The van der Waals surface area contributed by atoms with Crippen molar-refractivity contribution in [2.75, 3.05) is 5.32 Å². The SMILES string of the molecule is Cc1cc(Cl)ccc1NC(=O)CC1(C(=O)O)CCC1. The van der Waals surface area contributed by atoms with Gasteiger partial charge in [-0.2, -0.15) is 0 Å². The Labute approximate surface area is 116 Å². The molecule has 1 aliphatic carbocycles. The molecular formula is C14H16ClNO3. The van der Waals surface area contributed by atoms with Crippen LogP contribution in [-0.2, 0) is 9.59 Å². The summed E-state index contributed by atoms with van der Waals surface area (Å²) in [5.41, 5.74) is 0.679. The van der Waals surface area contributed by atoms with Gasteiger partial charge in [-0.1, -0.05) is 18.0 Å². The summed E-state index contributed by atoms with van der Waals surface area (Å²) in [5, 5.41) is 12.6. The van der Waals surface area contributed by atoms with E-state index in [1.807, 2.05) is 6.92 Å². The zero-order chi connectivity index (χ0) is 14.0. The standard InChI is InChI=1S/C14H16ClNO3/c1-9-7-10(15)3-4-11(9)16-12(17)8-14(13(18)19)5-2-6-14/h3-4,7H,2,5-6,8H2,1H3,(H,16,17)(H,18,19). The number of aliphatic carboxylic acids is 1. The summed E-state index contributed by atoms with van der Waals surface area (Å²) in [5.74, 6) is -1.13. The van der Waals surface area contributed by atoms with Gasteiger partial charge >= 0.3 is 5.97 Å². The van der Waals surface area contributed by atoms with Crippen molar-refractivity contribution >= 4 is 29.2 Å². The fourth-order valence-electron chi connectivity index (χ4n) is 2.34. The number of carboxylic acids is 1. The second-order valence-electron chi connectivity index (χ2n) is 5.12. The Morgan fingerprint density at radius 3 is 2.58 bits per heavy atom. The second-order valence-corrected chi connectivity index (χ2v) is 5.56. The second kappa shape index (κ2) is 5.21. The molecule has 1 aliphatic rings. The summed E-state index contributed by atoms with van der Waals surface area (Å²) in [6.07, 6.45) is 2.06. The molecule has 0 radical (unpaired) electrons. The van der Waals surface area contributed by atoms with E-state index < -0.39 is 11.4 Å². The minimum absolute atomic E-state index is 0.0321. The van der Waals surface area contributed by atoms with Crippen LogP contribution in [0.1, 0.15) is 31.2 Å². The van der Waals surface area contributed by atoms with Crippen LogP contribution in [-0.4, -0.2) is 17.0 Å². The number of carbonyl (C=O) groups excluding carboxylic acids is 1. The lowest BCUT2D eigenvalue weighted by molar-refractivity contribution is -0.157. The molecule has 1 amide bonds. The van der Waals surface area contributed by atoms with E-state index in [-0.39, 0.29) is 12.3 Å². The van der Waals surface area contributed by atoms with Crippen LogP contribution in [0.4, 0.5) is 5.69 Å². The molecule has 2 rings (SSSR count). The lowest BCUT2D eigenvalue weighted by atomic mass is 9.66. The van der Waals surface area contributed by atoms with Crippen molar-refractivity contribution in [3.05, 3.63) is 28.8 Å². The van der Waals surface area contributed by atoms with Gasteiger partial charge in [-0.25, -0.2) is 0 Å². The molecule has 1 aromatic carbocycles. The van der Waals surface area contributed by atoms with Gasteiger partial charge in [-0.15, -0.1) is 0 Å². The maximum Gasteiger partial charge on any atom is 0.310 e. The van der Waals surface area contributed by atoms with Crippen molar-refractivity contribution in [3.63, 3.8) is 0 Å². The lowest BCUT2D eigenvalue weighted by Crippen LogP contribution is -2.41. The average Bonchev–Trinajstić information content (AvgIpc) is 2.27. The Morgan fingerprint density at radius 1 is 1.42 bits per heavy atom. The summed E-state index contributed by atoms with van der Waals surface area (Å²) < 4.78 is 0. The fourth-order valence-corrected chi connectivity index (χ4v) is 2.57. The van der Waals surface area contributed by atoms with Crippen molar-refractivity contribution < 1.29 is 14.7 Å². The highest BCUT2D eigenvalue weighted by Crippen LogP contribution is 2.44. The highest BCUT2D eigenvalue weighted by atomic mass is 35.5. The third kappa shape index (κ3) is 2.89. The zero-order valence-electron chi connectivity index (χ0n) is 10.7. The van der Waals surface area contributed by atoms with Gasteiger partial charge in [-0.3, -0.25) is 9.59 Å². The van der Waals surface area contributed by atoms with Crippen LogP contribution in [0.5, 0.6) is 0 Å². The quantitative estimate of drug-likeness (QED) is 0.890. The summed E-state index contributed by atoms with van der Waals surface area (Å²) in [6, 6.07) is 5.18. The maximum absolute atomic E-state index is 12.0. The Balaban J connectivity index is 2.03. The third-order valence-corrected chi connectivity index (χ3v) is 3.96. The Hall–Kier alpha value is -1.55. The number of aryl methyl sites for hydroxylation is 1. The zero-order valence-corrected chi connectivity index (χ0v) is 11.5. The first-order valence-electron chi connectivity index (χ1n) is 6.22. The Morgan fingerprint density at radius 2 is 2.11 bits per heavy atom. The van der Waals surface area contributed by atoms with Crippen molar-refractivity contribution in [1.29, 1.82) is 0 Å². The molecule has 0 aliphatic heterocycles. The number of amides is 1. The molecule has 0 unspecified atom stereocenters. The summed E-state index contributed by atoms with van der Waals surface area (Å²) in [7, 11) is 0. The molecule has 19 heavy (non-hydrogen) atoms. The molecule has 0 saturated heterocycles. The van der Waals surface area contributed by atoms with Crippen LogP contribution in [0.25, 0.3) is 0 Å². The van der Waals surface area contributed by atoms with Gasteiger partial charge in [0.1, 0.15) is 0 Å². The minimum atomic E-state index is -0.873. The van der Waals surface area contributed by atoms with E-state index in [0.717, 1.165) is 12.0 Å². The Bertz CT molecular complexity index is 523. The molecule has 2 N–H and O–H groups in total. The summed E-state index contributed by atoms with van der Waals surface area (Å²) >= 11 is 5.84. The number of carboxylic acid groups (broad SMARTS) is 1. The first-order chi connectivity index (χ1) is 8.93. The first kappa shape index (κ1) is 13.9. The van der Waals surface area contributed by atoms with E-state index in [2.05, 4.69) is 5.32 Å². The van der Waals surface area contributed by atoms with E-state index in [1.165, 1.54) is 0 Å². The van der Waals surface area contributed by atoms with Crippen LogP contribution in [0.2, 0.25) is 5.02 Å². The topological polar surface area (TPSA) is 66.4 Å². The maximum atomic E-state index is 12.0. The van der Waals surface area contributed by atoms with E-state index in [4.69, 9.17) is 11.6 Å². The van der Waals surface area contributed by atoms with Crippen molar-refractivity contribution in [2.24, 2.45) is 5.41 Å². The number of hydrogen-bond acceptors (Lipinski definition) is 2. The average molecular weight is 282 g/mol. The van der Waals surface area contributed by atoms with Crippen LogP contribution in [0, 0.1) is 12.3 Å². The lowest BCUT2D eigenvalue weighted by Gasteiger charge is -2.36. The summed E-state index contributed by atoms with van der Waals surface area (Å²) in [6.45, 7) is 1.85. The number of halogens is 1. The molecule has 1 aromatic rings. The Kier molecular flexibility index (Phi) is 3.80. The van der Waals surface area contributed by atoms with Crippen LogP contribution in [0.15, 0.2) is 18.2 Å². The number of anilines is 1. The van der Waals surface area contributed by atoms with E-state index >= 15 is 0 Å². The van der Waals surface area contributed by atoms with Gasteiger partial charge in [0.15, 0.2) is 0 Å². The van der Waals surface area contributed by atoms with Crippen molar-refractivity contribution in [2.45, 2.75) is 32.6 Å². The fraction of sp³-hybridized carbons (Fsp3) is 0.429. The number of nitrogens with one attached hydrogen (secondary N) is 1. The number of benzene rings is 1. The monoisotopic (exact) mass is 281 g/mol. The van der Waals surface area contributed by atoms with Crippen LogP contribution in [0.3, 0.4) is 0 Å². The smallest absolute Gasteiger partial charge is 0.310 e. The van der Waals surface area contributed by atoms with E-state index in [0.29, 0.717) is 23.6 Å². The minimum Gasteiger partial charge on any atom is -0.481 e. The largest absolute Gasteiger partial charge is 0.481 e. The molecule has 0 spiro atoms. The molecule has 0 atom stereocenters. The van der Waals surface area contributed by atoms with Crippen molar-refractivity contribution in [1.82, 2.24) is 0 Å². The van der Waals surface area contributed by atoms with Gasteiger partial charge in [0, 0.05) is 17.1 Å². The van der Waals surface area contributed by atoms with Gasteiger partial charge in [-0.05, 0) is 43.5 Å². The van der Waals surface area contributed by atoms with Crippen LogP contribution < -0.4 is 5.32 Å². The summed E-state index contributed by atoms with van der Waals surface area (Å²) in [4.78, 5) is 23.2. The molecule has 5 heteroatoms. The van der Waals surface area contributed by atoms with Gasteiger partial charge in [0.05, 0.1) is 5.41 Å². The normalized spacial score (nSPS) is 16.5. The highest BCUT2D eigenvalue weighted by molar-refractivity contribution is 6.30. The van der Waals surface area contributed by atoms with E-state index in [9.17, 15) is 14.7 Å². The first-order valence-corrected chi connectivity index (χ1v) is 6.60. The van der Waals surface area contributed by atoms with Gasteiger partial charge < -0.3 is 10.4 Å². The number of rotatable bonds is 4. The molecule has 102 valence electrons. The van der Waals surface area contributed by atoms with Crippen LogP contribution >= 0.6 is 11.6 Å². The molecule has 1 saturated carbocycles. The van der Waals surface area contributed by atoms with Crippen molar-refractivity contribution in [3.8, 4) is 0 Å². The third-order valence-electron chi connectivity index (χ3n) is 3.73. The number of hydrogen-bond donors (Lipinski definition) is 2. The molecule has 0 bridgehead atoms. The molecule has 1 fully saturated rings. The van der Waals surface area contributed by atoms with Gasteiger partial charge in [0.25, 0.3) is 0 Å². The van der Waals surface area contributed by atoms with Gasteiger partial charge in [0.2, 0.25) is 5.91 Å². The molecule has 4 nitrogen and oxygen atoms in total. The van der Waals surface area contributed by atoms with E-state index in [1.54, 1.807) is 18.2 Å². The predicted octanol–water partition coefficient (Wildman–Crippen LogP) is 3.23. The highest BCUT2D eigenvalue weighted by Gasteiger charge is 2.45. The predicted molar refractivity (Wildman–Crippen MR) is 73.4 cm³/mol. The molecular weight excluding hydrogens is 266 g/mol. The molecule has 0 heterocycles. The molecule has 0 aromatic heterocycles. The number of carbonyl (C=O) groups is 2.